The number of nitrogens with one attached hydrogen (secondary N) is 1. The van der Waals surface area contributed by atoms with Crippen LogP contribution in [0.15, 0.2) is 36.4 Å². The molecule has 2 N–H and O–H groups in total. The average molecular weight is 453 g/mol. The number of phenols is 1. The average Bonchev–Trinajstić information content (AvgIpc) is 3.27. The van der Waals surface area contributed by atoms with Crippen LogP contribution in [-0.2, 0) is 11.8 Å². The van der Waals surface area contributed by atoms with Crippen LogP contribution in [0.1, 0.15) is 59.3 Å². The van der Waals surface area contributed by atoms with Crippen molar-refractivity contribution in [1.82, 2.24) is 20.6 Å². The van der Waals surface area contributed by atoms with Gasteiger partial charge in [-0.25, -0.2) is 0 Å². The number of unbranched alkanes of at least 4 members (excludes halogenated alkanes) is 2. The minimum absolute atomic E-state index is 0. The molecule has 0 aliphatic heterocycles. The van der Waals surface area contributed by atoms with E-state index in [1.165, 1.54) is 0 Å². The van der Waals surface area contributed by atoms with Crippen LogP contribution in [0.2, 0.25) is 5.02 Å². The maximum absolute atomic E-state index is 10.5. The molecule has 0 bridgehead atoms. The van der Waals surface area contributed by atoms with Crippen molar-refractivity contribution in [2.45, 2.75) is 58.3 Å². The Kier molecular flexibility index (Phi) is 9.82. The van der Waals surface area contributed by atoms with Crippen molar-refractivity contribution in [1.29, 1.82) is 0 Å². The zero-order chi connectivity index (χ0) is 21.6. The third kappa shape index (κ3) is 6.94. The number of hydrogen-bond acceptors (Lipinski definition) is 5. The predicted octanol–water partition coefficient (Wildman–Crippen LogP) is 2.82. The number of rotatable bonds is 10. The predicted molar refractivity (Wildman–Crippen MR) is 120 cm³/mol. The molecule has 0 aliphatic rings. The van der Waals surface area contributed by atoms with Gasteiger partial charge in [0, 0.05) is 22.1 Å². The Labute approximate surface area is 212 Å². The van der Waals surface area contributed by atoms with Crippen LogP contribution in [0, 0.1) is 0 Å². The van der Waals surface area contributed by atoms with Crippen molar-refractivity contribution in [3.05, 3.63) is 52.8 Å². The second kappa shape index (κ2) is 11.9. The van der Waals surface area contributed by atoms with Gasteiger partial charge in [-0.2, -0.15) is 5.21 Å². The van der Waals surface area contributed by atoms with Gasteiger partial charge in [-0.1, -0.05) is 62.6 Å². The summed E-state index contributed by atoms with van der Waals surface area (Å²) in [6, 6.07) is 11.2. The molecule has 0 spiro atoms. The summed E-state index contributed by atoms with van der Waals surface area (Å²) in [6.45, 7) is 6.97. The molecule has 2 aromatic carbocycles. The van der Waals surface area contributed by atoms with Crippen molar-refractivity contribution < 1.29 is 40.8 Å². The first-order valence-corrected chi connectivity index (χ1v) is 10.8. The molecule has 0 unspecified atom stereocenters. The Morgan fingerprint density at radius 1 is 1.13 bits per heavy atom. The Morgan fingerprint density at radius 3 is 2.52 bits per heavy atom. The second-order valence-corrected chi connectivity index (χ2v) is 8.55. The van der Waals surface area contributed by atoms with E-state index in [1.807, 2.05) is 30.3 Å². The number of H-pyrrole nitrogens is 1. The number of phenolic OH excluding ortho intramolecular Hbond substituents is 1. The third-order valence-electron chi connectivity index (χ3n) is 5.37. The molecule has 8 heteroatoms. The molecular formula is C23H30ClN4NaO2. The van der Waals surface area contributed by atoms with E-state index in [1.54, 1.807) is 6.07 Å². The number of ether oxygens (including phenoxy) is 1. The van der Waals surface area contributed by atoms with Gasteiger partial charge in [-0.15, -0.1) is 10.2 Å². The van der Waals surface area contributed by atoms with Crippen molar-refractivity contribution in [2.75, 3.05) is 6.61 Å². The quantitative estimate of drug-likeness (QED) is 0.365. The fourth-order valence-corrected chi connectivity index (χ4v) is 3.60. The standard InChI is InChI=1S/C23H29ClN4O2.Na.H/c1-4-16-14-19(17-8-10-18(24)11-9-17)20(29)15-21(16)30-13-7-5-6-12-23(2,3)22-25-27-28-26-22;;/h8-11,14-15,29H,4-7,12-13H2,1-3H3,(H,25,26,27,28);;/q;+1;-1. The number of aromatic amines is 1. The summed E-state index contributed by atoms with van der Waals surface area (Å²) in [6.07, 6.45) is 4.88. The van der Waals surface area contributed by atoms with Crippen LogP contribution in [0.4, 0.5) is 0 Å². The molecule has 31 heavy (non-hydrogen) atoms. The summed E-state index contributed by atoms with van der Waals surface area (Å²) in [4.78, 5) is 0. The molecule has 162 valence electrons. The van der Waals surface area contributed by atoms with Crippen LogP contribution >= 0.6 is 11.6 Å². The van der Waals surface area contributed by atoms with Gasteiger partial charge in [0.05, 0.1) is 6.61 Å². The summed E-state index contributed by atoms with van der Waals surface area (Å²) in [5, 5.41) is 25.6. The van der Waals surface area contributed by atoms with E-state index < -0.39 is 0 Å². The minimum atomic E-state index is -0.0907. The molecule has 0 aliphatic carbocycles. The van der Waals surface area contributed by atoms with E-state index in [-0.39, 0.29) is 42.1 Å². The van der Waals surface area contributed by atoms with Crippen LogP contribution in [0.25, 0.3) is 11.1 Å². The van der Waals surface area contributed by atoms with Gasteiger partial charge in [-0.3, -0.25) is 0 Å². The fourth-order valence-electron chi connectivity index (χ4n) is 3.47. The number of tetrazole rings is 1. The first kappa shape index (κ1) is 25.7. The topological polar surface area (TPSA) is 83.9 Å². The summed E-state index contributed by atoms with van der Waals surface area (Å²) in [7, 11) is 0. The molecular weight excluding hydrogens is 423 g/mol. The fraction of sp³-hybridized carbons (Fsp3) is 0.435. The van der Waals surface area contributed by atoms with Crippen molar-refractivity contribution in [2.24, 2.45) is 0 Å². The van der Waals surface area contributed by atoms with Gasteiger partial charge >= 0.3 is 29.6 Å². The SMILES string of the molecule is CCc1cc(-c2ccc(Cl)cc2)c(O)cc1OCCCCCC(C)(C)c1nn[nH]n1.[H-].[Na+]. The number of aromatic nitrogens is 4. The Hall–Kier alpha value is -1.60. The molecule has 0 fully saturated rings. The second-order valence-electron chi connectivity index (χ2n) is 8.12. The smallest absolute Gasteiger partial charge is 1.00 e. The van der Waals surface area contributed by atoms with Gasteiger partial charge in [0.2, 0.25) is 0 Å². The van der Waals surface area contributed by atoms with E-state index >= 15 is 0 Å². The number of aromatic hydroxyl groups is 1. The molecule has 3 aromatic rings. The maximum atomic E-state index is 10.5. The summed E-state index contributed by atoms with van der Waals surface area (Å²) in [5.41, 5.74) is 2.71. The minimum Gasteiger partial charge on any atom is -1.00 e. The zero-order valence-electron chi connectivity index (χ0n) is 19.8. The zero-order valence-corrected chi connectivity index (χ0v) is 21.5. The maximum Gasteiger partial charge on any atom is 1.00 e. The number of benzene rings is 2. The molecule has 6 nitrogen and oxygen atoms in total. The van der Waals surface area contributed by atoms with E-state index in [9.17, 15) is 5.11 Å². The van der Waals surface area contributed by atoms with Gasteiger partial charge in [-0.05, 0) is 48.6 Å². The largest absolute Gasteiger partial charge is 1.00 e. The number of aryl methyl sites for hydroxylation is 1. The molecule has 1 heterocycles. The van der Waals surface area contributed by atoms with Gasteiger partial charge < -0.3 is 11.3 Å². The third-order valence-corrected chi connectivity index (χ3v) is 5.62. The summed E-state index contributed by atoms with van der Waals surface area (Å²) in [5.74, 6) is 1.72. The van der Waals surface area contributed by atoms with E-state index in [2.05, 4.69) is 41.4 Å². The van der Waals surface area contributed by atoms with Crippen molar-refractivity contribution >= 4 is 11.6 Å². The molecule has 1 aromatic heterocycles. The van der Waals surface area contributed by atoms with E-state index in [0.717, 1.165) is 60.4 Å². The normalized spacial score (nSPS) is 11.2. The van der Waals surface area contributed by atoms with Crippen LogP contribution < -0.4 is 34.3 Å². The number of nitrogens with zero attached hydrogens (tertiary/aromatic N) is 3. The van der Waals surface area contributed by atoms with Gasteiger partial charge in [0.25, 0.3) is 0 Å². The van der Waals surface area contributed by atoms with Crippen LogP contribution in [0.3, 0.4) is 0 Å². The van der Waals surface area contributed by atoms with Gasteiger partial charge in [0.15, 0.2) is 5.82 Å². The van der Waals surface area contributed by atoms with Crippen LogP contribution in [0.5, 0.6) is 11.5 Å². The first-order valence-electron chi connectivity index (χ1n) is 10.4. The van der Waals surface area contributed by atoms with Gasteiger partial charge in [0.1, 0.15) is 11.5 Å². The molecule has 0 saturated carbocycles. The van der Waals surface area contributed by atoms with E-state index in [4.69, 9.17) is 16.3 Å². The summed E-state index contributed by atoms with van der Waals surface area (Å²) >= 11 is 5.97. The van der Waals surface area contributed by atoms with Crippen molar-refractivity contribution in [3.63, 3.8) is 0 Å². The Bertz CT molecular complexity index is 953. The van der Waals surface area contributed by atoms with Crippen LogP contribution in [-0.4, -0.2) is 32.3 Å². The Morgan fingerprint density at radius 2 is 1.87 bits per heavy atom. The molecule has 0 amide bonds. The van der Waals surface area contributed by atoms with Crippen molar-refractivity contribution in [3.8, 4) is 22.6 Å². The first-order chi connectivity index (χ1) is 14.4. The number of hydrogen-bond donors (Lipinski definition) is 2. The molecule has 0 saturated heterocycles. The summed E-state index contributed by atoms with van der Waals surface area (Å²) < 4.78 is 6.00. The number of halogens is 1. The Balaban J connectivity index is 0.00000256. The molecule has 3 rings (SSSR count). The molecule has 0 atom stereocenters. The van der Waals surface area contributed by atoms with E-state index in [0.29, 0.717) is 11.6 Å². The molecule has 0 radical (unpaired) electrons. The monoisotopic (exact) mass is 452 g/mol.